The van der Waals surface area contributed by atoms with Crippen LogP contribution in [0.15, 0.2) is 17.5 Å². The molecule has 0 aliphatic heterocycles. The number of hydrogen-bond acceptors (Lipinski definition) is 3. The maximum atomic E-state index is 9.00. The molecule has 1 aromatic rings. The first kappa shape index (κ1) is 10.1. The van der Waals surface area contributed by atoms with Crippen molar-refractivity contribution in [3.63, 3.8) is 0 Å². The van der Waals surface area contributed by atoms with Crippen molar-refractivity contribution in [1.29, 1.82) is 0 Å². The van der Waals surface area contributed by atoms with E-state index in [4.69, 9.17) is 5.11 Å². The first-order valence-electron chi connectivity index (χ1n) is 5.27. The van der Waals surface area contributed by atoms with Gasteiger partial charge in [-0.15, -0.1) is 11.3 Å². The summed E-state index contributed by atoms with van der Waals surface area (Å²) in [4.78, 5) is 3.82. The van der Waals surface area contributed by atoms with Gasteiger partial charge in [0.2, 0.25) is 0 Å². The minimum atomic E-state index is 0.280. The summed E-state index contributed by atoms with van der Waals surface area (Å²) in [5.74, 6) is 0. The predicted octanol–water partition coefficient (Wildman–Crippen LogP) is 2.09. The van der Waals surface area contributed by atoms with Crippen LogP contribution < -0.4 is 0 Å². The third-order valence-corrected chi connectivity index (χ3v) is 3.78. The summed E-state index contributed by atoms with van der Waals surface area (Å²) in [6.45, 7) is 2.12. The molecule has 0 atom stereocenters. The summed E-state index contributed by atoms with van der Waals surface area (Å²) in [6, 6.07) is 5.00. The Morgan fingerprint density at radius 2 is 2.36 bits per heavy atom. The lowest BCUT2D eigenvalue weighted by molar-refractivity contribution is 0.0955. The van der Waals surface area contributed by atoms with Gasteiger partial charge in [-0.05, 0) is 24.3 Å². The van der Waals surface area contributed by atoms with Crippen molar-refractivity contribution in [2.75, 3.05) is 13.2 Å². The lowest BCUT2D eigenvalue weighted by Gasteiger charge is -2.36. The molecule has 1 fully saturated rings. The van der Waals surface area contributed by atoms with Gasteiger partial charge in [-0.2, -0.15) is 0 Å². The van der Waals surface area contributed by atoms with Crippen molar-refractivity contribution in [2.45, 2.75) is 31.8 Å². The lowest BCUT2D eigenvalue weighted by atomic mass is 9.91. The largest absolute Gasteiger partial charge is 0.395 e. The molecule has 0 bridgehead atoms. The molecule has 1 aliphatic rings. The Balaban J connectivity index is 1.89. The van der Waals surface area contributed by atoms with Crippen LogP contribution in [0.25, 0.3) is 0 Å². The van der Waals surface area contributed by atoms with Crippen molar-refractivity contribution in [1.82, 2.24) is 4.90 Å². The SMILES string of the molecule is OCCN(Cc1cccs1)C1CCC1. The minimum Gasteiger partial charge on any atom is -0.395 e. The van der Waals surface area contributed by atoms with Crippen LogP contribution in [0.1, 0.15) is 24.1 Å². The second kappa shape index (κ2) is 4.91. The Labute approximate surface area is 89.2 Å². The highest BCUT2D eigenvalue weighted by molar-refractivity contribution is 7.09. The second-order valence-corrected chi connectivity index (χ2v) is 4.89. The fourth-order valence-corrected chi connectivity index (χ4v) is 2.60. The average Bonchev–Trinajstić information content (AvgIpc) is 2.54. The molecular weight excluding hydrogens is 194 g/mol. The van der Waals surface area contributed by atoms with Crippen molar-refractivity contribution < 1.29 is 5.11 Å². The number of nitrogens with zero attached hydrogens (tertiary/aromatic N) is 1. The second-order valence-electron chi connectivity index (χ2n) is 3.86. The number of aliphatic hydroxyl groups excluding tert-OH is 1. The van der Waals surface area contributed by atoms with Gasteiger partial charge in [0.15, 0.2) is 0 Å². The molecule has 0 radical (unpaired) electrons. The van der Waals surface area contributed by atoms with Gasteiger partial charge in [0.05, 0.1) is 6.61 Å². The highest BCUT2D eigenvalue weighted by Gasteiger charge is 2.24. The van der Waals surface area contributed by atoms with Crippen molar-refractivity contribution in [3.05, 3.63) is 22.4 Å². The zero-order valence-corrected chi connectivity index (χ0v) is 9.17. The van der Waals surface area contributed by atoms with Crippen LogP contribution >= 0.6 is 11.3 Å². The van der Waals surface area contributed by atoms with Gasteiger partial charge >= 0.3 is 0 Å². The predicted molar refractivity (Wildman–Crippen MR) is 59.5 cm³/mol. The quantitative estimate of drug-likeness (QED) is 0.806. The van der Waals surface area contributed by atoms with Crippen LogP contribution in [0.3, 0.4) is 0 Å². The van der Waals surface area contributed by atoms with Crippen LogP contribution in [0.5, 0.6) is 0 Å². The lowest BCUT2D eigenvalue weighted by Crippen LogP contribution is -2.41. The van der Waals surface area contributed by atoms with Gasteiger partial charge in [-0.3, -0.25) is 4.90 Å². The van der Waals surface area contributed by atoms with Gasteiger partial charge in [-0.1, -0.05) is 12.5 Å². The van der Waals surface area contributed by atoms with E-state index in [0.717, 1.165) is 19.1 Å². The fourth-order valence-electron chi connectivity index (χ4n) is 1.87. The zero-order valence-electron chi connectivity index (χ0n) is 8.35. The van der Waals surface area contributed by atoms with E-state index in [0.29, 0.717) is 0 Å². The Bertz CT molecular complexity index is 256. The average molecular weight is 211 g/mol. The number of thiophene rings is 1. The van der Waals surface area contributed by atoms with Crippen molar-refractivity contribution in [3.8, 4) is 0 Å². The van der Waals surface area contributed by atoms with E-state index in [1.54, 1.807) is 11.3 Å². The molecule has 3 heteroatoms. The highest BCUT2D eigenvalue weighted by atomic mass is 32.1. The molecule has 2 rings (SSSR count). The van der Waals surface area contributed by atoms with E-state index >= 15 is 0 Å². The fraction of sp³-hybridized carbons (Fsp3) is 0.636. The van der Waals surface area contributed by atoms with Crippen LogP contribution in [-0.2, 0) is 6.54 Å². The van der Waals surface area contributed by atoms with E-state index in [1.165, 1.54) is 24.1 Å². The topological polar surface area (TPSA) is 23.5 Å². The molecule has 1 saturated carbocycles. The van der Waals surface area contributed by atoms with Gasteiger partial charge in [-0.25, -0.2) is 0 Å². The number of aliphatic hydroxyl groups is 1. The maximum Gasteiger partial charge on any atom is 0.0558 e. The van der Waals surface area contributed by atoms with E-state index < -0.39 is 0 Å². The summed E-state index contributed by atoms with van der Waals surface area (Å²) in [5, 5.41) is 11.1. The molecule has 0 amide bonds. The van der Waals surface area contributed by atoms with Crippen LogP contribution in [-0.4, -0.2) is 29.2 Å². The molecule has 1 aliphatic carbocycles. The number of rotatable bonds is 5. The van der Waals surface area contributed by atoms with E-state index in [2.05, 4.69) is 22.4 Å². The highest BCUT2D eigenvalue weighted by Crippen LogP contribution is 2.26. The normalized spacial score (nSPS) is 17.3. The van der Waals surface area contributed by atoms with Gasteiger partial charge in [0.1, 0.15) is 0 Å². The molecule has 0 spiro atoms. The minimum absolute atomic E-state index is 0.280. The molecule has 0 aromatic carbocycles. The molecule has 2 nitrogen and oxygen atoms in total. The van der Waals surface area contributed by atoms with E-state index in [-0.39, 0.29) is 6.61 Å². The standard InChI is InChI=1S/C11H17NOS/c13-7-6-12(10-3-1-4-10)9-11-5-2-8-14-11/h2,5,8,10,13H,1,3-4,6-7,9H2. The van der Waals surface area contributed by atoms with Crippen molar-refractivity contribution >= 4 is 11.3 Å². The Morgan fingerprint density at radius 3 is 2.86 bits per heavy atom. The first-order chi connectivity index (χ1) is 6.90. The molecule has 0 unspecified atom stereocenters. The van der Waals surface area contributed by atoms with E-state index in [9.17, 15) is 0 Å². The van der Waals surface area contributed by atoms with Crippen LogP contribution in [0.2, 0.25) is 0 Å². The summed E-state index contributed by atoms with van der Waals surface area (Å²) in [5.41, 5.74) is 0. The Hall–Kier alpha value is -0.380. The van der Waals surface area contributed by atoms with Gasteiger partial charge in [0, 0.05) is 24.0 Å². The summed E-state index contributed by atoms with van der Waals surface area (Å²) in [6.07, 6.45) is 3.98. The first-order valence-corrected chi connectivity index (χ1v) is 6.15. The molecule has 14 heavy (non-hydrogen) atoms. The van der Waals surface area contributed by atoms with Gasteiger partial charge < -0.3 is 5.11 Å². The third-order valence-electron chi connectivity index (χ3n) is 2.92. The summed E-state index contributed by atoms with van der Waals surface area (Å²) in [7, 11) is 0. The van der Waals surface area contributed by atoms with Crippen molar-refractivity contribution in [2.24, 2.45) is 0 Å². The summed E-state index contributed by atoms with van der Waals surface area (Å²) >= 11 is 1.81. The van der Waals surface area contributed by atoms with E-state index in [1.807, 2.05) is 0 Å². The molecule has 78 valence electrons. The zero-order chi connectivity index (χ0) is 9.80. The third kappa shape index (κ3) is 2.35. The summed E-state index contributed by atoms with van der Waals surface area (Å²) < 4.78 is 0. The molecular formula is C11H17NOS. The van der Waals surface area contributed by atoms with Crippen LogP contribution in [0, 0.1) is 0 Å². The smallest absolute Gasteiger partial charge is 0.0558 e. The maximum absolute atomic E-state index is 9.00. The molecule has 1 heterocycles. The molecule has 0 saturated heterocycles. The molecule has 1 aromatic heterocycles. The molecule has 1 N–H and O–H groups in total. The van der Waals surface area contributed by atoms with Crippen LogP contribution in [0.4, 0.5) is 0 Å². The van der Waals surface area contributed by atoms with Gasteiger partial charge in [0.25, 0.3) is 0 Å². The Morgan fingerprint density at radius 1 is 1.50 bits per heavy atom. The Kier molecular flexibility index (Phi) is 3.56. The number of hydrogen-bond donors (Lipinski definition) is 1. The monoisotopic (exact) mass is 211 g/mol.